The van der Waals surface area contributed by atoms with Crippen molar-refractivity contribution >= 4 is 40.9 Å². The van der Waals surface area contributed by atoms with Crippen LogP contribution in [0.5, 0.6) is 0 Å². The number of nitrogens with one attached hydrogen (secondary N) is 1. The summed E-state index contributed by atoms with van der Waals surface area (Å²) in [7, 11) is 0. The van der Waals surface area contributed by atoms with Gasteiger partial charge in [-0.3, -0.25) is 14.4 Å². The van der Waals surface area contributed by atoms with E-state index in [0.29, 0.717) is 28.8 Å². The lowest BCUT2D eigenvalue weighted by Gasteiger charge is -2.52. The summed E-state index contributed by atoms with van der Waals surface area (Å²) in [5.41, 5.74) is 1.96. The SMILES string of the molecule is CC(=O)c1ccc(NC(=O)N2CCC(=O)N3[C@@H](c4ccc(F)c(Cl)c4)C(=O)N(CCc4cccc(F)c4)C[C@H]23)cc1. The van der Waals surface area contributed by atoms with Crippen LogP contribution >= 0.6 is 11.6 Å². The molecule has 2 fully saturated rings. The molecule has 1 N–H and O–H groups in total. The number of benzene rings is 3. The fourth-order valence-corrected chi connectivity index (χ4v) is 5.45. The van der Waals surface area contributed by atoms with Crippen LogP contribution in [0.3, 0.4) is 0 Å². The second-order valence-electron chi connectivity index (χ2n) is 10.0. The number of fused-ring (bicyclic) bond motifs is 1. The van der Waals surface area contributed by atoms with E-state index in [4.69, 9.17) is 11.6 Å². The van der Waals surface area contributed by atoms with Crippen LogP contribution < -0.4 is 5.32 Å². The molecule has 2 heterocycles. The van der Waals surface area contributed by atoms with Crippen LogP contribution in [-0.4, -0.2) is 64.1 Å². The molecular formula is C30H27ClF2N4O4. The highest BCUT2D eigenvalue weighted by Crippen LogP contribution is 2.36. The van der Waals surface area contributed by atoms with Gasteiger partial charge in [-0.25, -0.2) is 13.6 Å². The van der Waals surface area contributed by atoms with E-state index in [1.165, 1.54) is 45.9 Å². The number of hydrogen-bond acceptors (Lipinski definition) is 4. The Hall–Kier alpha value is -4.31. The molecule has 4 amide bonds. The van der Waals surface area contributed by atoms with Crippen molar-refractivity contribution in [1.82, 2.24) is 14.7 Å². The molecule has 41 heavy (non-hydrogen) atoms. The summed E-state index contributed by atoms with van der Waals surface area (Å²) in [6.07, 6.45) is -0.503. The van der Waals surface area contributed by atoms with Crippen molar-refractivity contribution in [3.05, 3.63) is 100 Å². The topological polar surface area (TPSA) is 90.0 Å². The number of halogens is 3. The van der Waals surface area contributed by atoms with Crippen molar-refractivity contribution < 1.29 is 28.0 Å². The molecule has 3 aromatic carbocycles. The van der Waals surface area contributed by atoms with Crippen LogP contribution in [0, 0.1) is 11.6 Å². The Morgan fingerprint density at radius 2 is 1.78 bits per heavy atom. The van der Waals surface area contributed by atoms with Crippen LogP contribution in [0.2, 0.25) is 5.02 Å². The van der Waals surface area contributed by atoms with Crippen molar-refractivity contribution in [2.45, 2.75) is 32.0 Å². The molecule has 5 rings (SSSR count). The standard InChI is InChI=1S/C30H27ClF2N4O4/c1-18(38)20-5-8-23(9-6-20)34-30(41)36-14-12-27(39)37-26(36)17-35(13-11-19-3-2-4-22(32)15-19)29(40)28(37)21-7-10-25(33)24(31)16-21/h2-10,15-16,26,28H,11-14,17H2,1H3,(H,34,41)/t26-,28+/m1/s1. The number of hydrogen-bond donors (Lipinski definition) is 1. The molecule has 2 atom stereocenters. The molecule has 2 saturated heterocycles. The Morgan fingerprint density at radius 1 is 1.02 bits per heavy atom. The number of anilines is 1. The number of ketones is 1. The van der Waals surface area contributed by atoms with Crippen molar-refractivity contribution in [3.8, 4) is 0 Å². The maximum atomic E-state index is 14.0. The first-order chi connectivity index (χ1) is 19.6. The molecule has 0 unspecified atom stereocenters. The molecule has 2 aliphatic rings. The first kappa shape index (κ1) is 28.2. The molecular weight excluding hydrogens is 554 g/mol. The van der Waals surface area contributed by atoms with Crippen LogP contribution in [0.4, 0.5) is 19.3 Å². The maximum Gasteiger partial charge on any atom is 0.323 e. The van der Waals surface area contributed by atoms with Gasteiger partial charge >= 0.3 is 6.03 Å². The maximum absolute atomic E-state index is 14.0. The van der Waals surface area contributed by atoms with Gasteiger partial charge in [-0.15, -0.1) is 0 Å². The number of nitrogens with zero attached hydrogens (tertiary/aromatic N) is 3. The minimum absolute atomic E-state index is 0.0187. The smallest absolute Gasteiger partial charge is 0.323 e. The van der Waals surface area contributed by atoms with Gasteiger partial charge in [0.05, 0.1) is 11.6 Å². The van der Waals surface area contributed by atoms with Crippen molar-refractivity contribution in [2.75, 3.05) is 25.0 Å². The Balaban J connectivity index is 1.46. The van der Waals surface area contributed by atoms with Gasteiger partial charge in [0.1, 0.15) is 23.8 Å². The summed E-state index contributed by atoms with van der Waals surface area (Å²) in [5.74, 6) is -1.90. The number of amides is 4. The average molecular weight is 581 g/mol. The Morgan fingerprint density at radius 3 is 2.46 bits per heavy atom. The molecule has 2 aliphatic heterocycles. The third-order valence-electron chi connectivity index (χ3n) is 7.37. The number of urea groups is 1. The van der Waals surface area contributed by atoms with Gasteiger partial charge < -0.3 is 20.0 Å². The summed E-state index contributed by atoms with van der Waals surface area (Å²) in [6, 6.07) is 14.7. The Bertz CT molecular complexity index is 1520. The zero-order valence-corrected chi connectivity index (χ0v) is 22.9. The third kappa shape index (κ3) is 5.92. The summed E-state index contributed by atoms with van der Waals surface area (Å²) in [4.78, 5) is 56.6. The number of carbonyl (C=O) groups is 4. The van der Waals surface area contributed by atoms with Gasteiger partial charge in [-0.05, 0) is 73.0 Å². The van der Waals surface area contributed by atoms with Crippen molar-refractivity contribution in [1.29, 1.82) is 0 Å². The van der Waals surface area contributed by atoms with E-state index < -0.39 is 35.8 Å². The van der Waals surface area contributed by atoms with E-state index in [2.05, 4.69) is 5.32 Å². The fraction of sp³-hybridized carbons (Fsp3) is 0.267. The zero-order valence-electron chi connectivity index (χ0n) is 22.1. The van der Waals surface area contributed by atoms with E-state index >= 15 is 0 Å². The van der Waals surface area contributed by atoms with Crippen LogP contribution in [0.1, 0.15) is 40.9 Å². The summed E-state index contributed by atoms with van der Waals surface area (Å²) >= 11 is 6.05. The van der Waals surface area contributed by atoms with Crippen LogP contribution in [0.25, 0.3) is 0 Å². The van der Waals surface area contributed by atoms with Gasteiger partial charge in [0.25, 0.3) is 0 Å². The minimum atomic E-state index is -1.14. The van der Waals surface area contributed by atoms with Crippen LogP contribution in [-0.2, 0) is 16.0 Å². The third-order valence-corrected chi connectivity index (χ3v) is 7.65. The zero-order chi connectivity index (χ0) is 29.3. The first-order valence-corrected chi connectivity index (χ1v) is 13.5. The van der Waals surface area contributed by atoms with Gasteiger partial charge in [0.2, 0.25) is 11.8 Å². The molecule has 0 aliphatic carbocycles. The van der Waals surface area contributed by atoms with Crippen molar-refractivity contribution in [2.24, 2.45) is 0 Å². The fourth-order valence-electron chi connectivity index (χ4n) is 5.26. The Labute approximate surface area is 240 Å². The molecule has 8 nitrogen and oxygen atoms in total. The minimum Gasteiger partial charge on any atom is -0.336 e. The number of rotatable bonds is 6. The average Bonchev–Trinajstić information content (AvgIpc) is 2.94. The quantitative estimate of drug-likeness (QED) is 0.414. The molecule has 0 spiro atoms. The lowest BCUT2D eigenvalue weighted by Crippen LogP contribution is -2.69. The van der Waals surface area contributed by atoms with Gasteiger partial charge in [0.15, 0.2) is 5.78 Å². The Kier molecular flexibility index (Phi) is 8.03. The highest BCUT2D eigenvalue weighted by Gasteiger charge is 2.49. The summed E-state index contributed by atoms with van der Waals surface area (Å²) in [6.45, 7) is 1.79. The predicted octanol–water partition coefficient (Wildman–Crippen LogP) is 5.04. The van der Waals surface area contributed by atoms with E-state index in [9.17, 15) is 28.0 Å². The van der Waals surface area contributed by atoms with E-state index in [1.807, 2.05) is 0 Å². The number of piperazine rings is 1. The van der Waals surface area contributed by atoms with E-state index in [0.717, 1.165) is 6.07 Å². The summed E-state index contributed by atoms with van der Waals surface area (Å²) < 4.78 is 27.8. The highest BCUT2D eigenvalue weighted by atomic mass is 35.5. The normalized spacial score (nSPS) is 18.8. The molecule has 0 saturated carbocycles. The largest absolute Gasteiger partial charge is 0.336 e. The van der Waals surface area contributed by atoms with Gasteiger partial charge in [-0.2, -0.15) is 0 Å². The van der Waals surface area contributed by atoms with Gasteiger partial charge in [-0.1, -0.05) is 29.8 Å². The van der Waals surface area contributed by atoms with Crippen molar-refractivity contribution in [3.63, 3.8) is 0 Å². The second-order valence-corrected chi connectivity index (χ2v) is 10.4. The first-order valence-electron chi connectivity index (χ1n) is 13.1. The lowest BCUT2D eigenvalue weighted by molar-refractivity contribution is -0.167. The molecule has 0 aromatic heterocycles. The molecule has 212 valence electrons. The van der Waals surface area contributed by atoms with E-state index in [-0.39, 0.29) is 42.8 Å². The second kappa shape index (κ2) is 11.7. The molecule has 11 heteroatoms. The van der Waals surface area contributed by atoms with Crippen LogP contribution in [0.15, 0.2) is 66.7 Å². The molecule has 0 bridgehead atoms. The van der Waals surface area contributed by atoms with Gasteiger partial charge in [0, 0.05) is 30.8 Å². The lowest BCUT2D eigenvalue weighted by atomic mass is 9.96. The molecule has 0 radical (unpaired) electrons. The summed E-state index contributed by atoms with van der Waals surface area (Å²) in [5, 5.41) is 2.61. The molecule has 3 aromatic rings. The number of carbonyl (C=O) groups excluding carboxylic acids is 4. The highest BCUT2D eigenvalue weighted by molar-refractivity contribution is 6.30. The predicted molar refractivity (Wildman–Crippen MR) is 148 cm³/mol. The number of Topliss-reactive ketones (excluding diaryl/α,β-unsaturated/α-hetero) is 1. The monoisotopic (exact) mass is 580 g/mol. The van der Waals surface area contributed by atoms with E-state index in [1.54, 1.807) is 36.4 Å².